The Hall–Kier alpha value is -1.06. The van der Waals surface area contributed by atoms with E-state index < -0.39 is 0 Å². The monoisotopic (exact) mass is 191 g/mol. The van der Waals surface area contributed by atoms with Crippen molar-refractivity contribution in [3.63, 3.8) is 0 Å². The molecule has 0 aromatic heterocycles. The third kappa shape index (κ3) is 1.49. The minimum atomic E-state index is 0.325. The summed E-state index contributed by atoms with van der Waals surface area (Å²) in [6, 6.07) is 8.85. The molecule has 0 spiro atoms. The molecule has 3 atom stereocenters. The molecule has 2 rings (SSSR count). The Labute approximate surface area is 84.7 Å². The van der Waals surface area contributed by atoms with Gasteiger partial charge in [-0.15, -0.1) is 0 Å². The fourth-order valence-corrected chi connectivity index (χ4v) is 1.93. The Balaban J connectivity index is 2.28. The second-order valence-electron chi connectivity index (χ2n) is 4.04. The van der Waals surface area contributed by atoms with Gasteiger partial charge in [0.25, 0.3) is 0 Å². The Morgan fingerprint density at radius 2 is 1.86 bits per heavy atom. The van der Waals surface area contributed by atoms with E-state index in [-0.39, 0.29) is 0 Å². The van der Waals surface area contributed by atoms with E-state index in [1.807, 2.05) is 18.2 Å². The predicted octanol–water partition coefficient (Wildman–Crippen LogP) is 1.44. The number of para-hydroxylation sites is 1. The highest BCUT2D eigenvalue weighted by atomic mass is 15.4. The number of hydrogen-bond acceptors (Lipinski definition) is 3. The molecule has 1 aromatic carbocycles. The van der Waals surface area contributed by atoms with Crippen LogP contribution in [-0.2, 0) is 0 Å². The number of hydrazine groups is 1. The highest BCUT2D eigenvalue weighted by molar-refractivity contribution is 5.48. The minimum absolute atomic E-state index is 0.325. The zero-order chi connectivity index (χ0) is 10.1. The van der Waals surface area contributed by atoms with Gasteiger partial charge in [0.1, 0.15) is 0 Å². The van der Waals surface area contributed by atoms with Crippen LogP contribution in [0.3, 0.4) is 0 Å². The lowest BCUT2D eigenvalue weighted by Gasteiger charge is -2.18. The van der Waals surface area contributed by atoms with Crippen molar-refractivity contribution in [2.24, 2.45) is 5.92 Å². The first-order valence-corrected chi connectivity index (χ1v) is 5.05. The molecule has 4 N–H and O–H groups in total. The van der Waals surface area contributed by atoms with Gasteiger partial charge in [-0.2, -0.15) is 0 Å². The topological polar surface area (TPSA) is 50.1 Å². The molecule has 1 saturated heterocycles. The van der Waals surface area contributed by atoms with E-state index in [1.165, 1.54) is 5.56 Å². The van der Waals surface area contributed by atoms with Gasteiger partial charge >= 0.3 is 0 Å². The first-order chi connectivity index (χ1) is 6.70. The van der Waals surface area contributed by atoms with Gasteiger partial charge in [0, 0.05) is 11.7 Å². The number of rotatable bonds is 1. The molecule has 1 fully saturated rings. The van der Waals surface area contributed by atoms with E-state index in [4.69, 9.17) is 5.73 Å². The van der Waals surface area contributed by atoms with Crippen LogP contribution in [0.25, 0.3) is 0 Å². The Bertz CT molecular complexity index is 324. The maximum Gasteiger partial charge on any atom is 0.0523 e. The molecule has 0 amide bonds. The number of anilines is 1. The van der Waals surface area contributed by atoms with E-state index in [9.17, 15) is 0 Å². The molecule has 14 heavy (non-hydrogen) atoms. The van der Waals surface area contributed by atoms with Crippen LogP contribution < -0.4 is 16.6 Å². The Morgan fingerprint density at radius 1 is 1.14 bits per heavy atom. The van der Waals surface area contributed by atoms with Crippen molar-refractivity contribution in [1.29, 1.82) is 0 Å². The zero-order valence-electron chi connectivity index (χ0n) is 8.62. The predicted molar refractivity (Wildman–Crippen MR) is 58.5 cm³/mol. The van der Waals surface area contributed by atoms with Crippen molar-refractivity contribution in [2.45, 2.75) is 25.9 Å². The number of nitrogens with two attached hydrogens (primary N) is 1. The maximum absolute atomic E-state index is 5.94. The summed E-state index contributed by atoms with van der Waals surface area (Å²) in [7, 11) is 0. The smallest absolute Gasteiger partial charge is 0.0523 e. The average Bonchev–Trinajstić information content (AvgIpc) is 2.49. The maximum atomic E-state index is 5.94. The van der Waals surface area contributed by atoms with Gasteiger partial charge in [-0.3, -0.25) is 5.43 Å². The Morgan fingerprint density at radius 3 is 2.43 bits per heavy atom. The largest absolute Gasteiger partial charge is 0.398 e. The first-order valence-electron chi connectivity index (χ1n) is 5.05. The number of hydrogen-bond donors (Lipinski definition) is 3. The fraction of sp³-hybridized carbons (Fsp3) is 0.455. The lowest BCUT2D eigenvalue weighted by atomic mass is 9.91. The van der Waals surface area contributed by atoms with Crippen molar-refractivity contribution in [3.8, 4) is 0 Å². The molecule has 1 heterocycles. The van der Waals surface area contributed by atoms with Crippen molar-refractivity contribution >= 4 is 5.69 Å². The molecule has 0 radical (unpaired) electrons. The van der Waals surface area contributed by atoms with E-state index in [0.29, 0.717) is 18.0 Å². The van der Waals surface area contributed by atoms with Gasteiger partial charge in [-0.1, -0.05) is 25.1 Å². The van der Waals surface area contributed by atoms with Gasteiger partial charge < -0.3 is 5.73 Å². The quantitative estimate of drug-likeness (QED) is 0.589. The van der Waals surface area contributed by atoms with Crippen molar-refractivity contribution in [2.75, 3.05) is 5.73 Å². The van der Waals surface area contributed by atoms with Crippen LogP contribution in [0.1, 0.15) is 25.5 Å². The average molecular weight is 191 g/mol. The van der Waals surface area contributed by atoms with Gasteiger partial charge in [0.2, 0.25) is 0 Å². The molecule has 3 heteroatoms. The number of benzene rings is 1. The molecule has 1 aliphatic heterocycles. The lowest BCUT2D eigenvalue weighted by molar-refractivity contribution is 0.476. The lowest BCUT2D eigenvalue weighted by Crippen LogP contribution is -2.29. The summed E-state index contributed by atoms with van der Waals surface area (Å²) in [5, 5.41) is 0. The standard InChI is InChI=1S/C11H17N3/c1-7-8(2)13-14-11(7)9-5-3-4-6-10(9)12/h3-8,11,13-14H,12H2,1-2H3. The molecule has 0 saturated carbocycles. The van der Waals surface area contributed by atoms with Crippen LogP contribution in [0, 0.1) is 5.92 Å². The highest BCUT2D eigenvalue weighted by Gasteiger charge is 2.30. The van der Waals surface area contributed by atoms with Crippen LogP contribution in [0.5, 0.6) is 0 Å². The molecule has 76 valence electrons. The molecule has 3 nitrogen and oxygen atoms in total. The van der Waals surface area contributed by atoms with Gasteiger partial charge in [0.05, 0.1) is 6.04 Å². The van der Waals surface area contributed by atoms with Crippen LogP contribution in [-0.4, -0.2) is 6.04 Å². The number of nitrogen functional groups attached to an aromatic ring is 1. The fourth-order valence-electron chi connectivity index (χ4n) is 1.93. The van der Waals surface area contributed by atoms with Crippen LogP contribution in [0.4, 0.5) is 5.69 Å². The van der Waals surface area contributed by atoms with Crippen molar-refractivity contribution in [1.82, 2.24) is 10.9 Å². The zero-order valence-corrected chi connectivity index (χ0v) is 8.62. The highest BCUT2D eigenvalue weighted by Crippen LogP contribution is 2.31. The molecule has 0 bridgehead atoms. The second kappa shape index (κ2) is 3.59. The second-order valence-corrected chi connectivity index (χ2v) is 4.04. The number of nitrogens with one attached hydrogen (secondary N) is 2. The molecule has 1 aromatic rings. The van der Waals surface area contributed by atoms with Crippen molar-refractivity contribution in [3.05, 3.63) is 29.8 Å². The van der Waals surface area contributed by atoms with Crippen LogP contribution >= 0.6 is 0 Å². The minimum Gasteiger partial charge on any atom is -0.398 e. The van der Waals surface area contributed by atoms with E-state index in [2.05, 4.69) is 30.8 Å². The molecular weight excluding hydrogens is 174 g/mol. The van der Waals surface area contributed by atoms with Gasteiger partial charge in [0.15, 0.2) is 0 Å². The summed E-state index contributed by atoms with van der Waals surface area (Å²) in [6.07, 6.45) is 0. The summed E-state index contributed by atoms with van der Waals surface area (Å²) >= 11 is 0. The molecule has 1 aliphatic rings. The first kappa shape index (κ1) is 9.49. The van der Waals surface area contributed by atoms with Gasteiger partial charge in [-0.05, 0) is 24.5 Å². The summed E-state index contributed by atoms with van der Waals surface area (Å²) in [6.45, 7) is 4.41. The van der Waals surface area contributed by atoms with Gasteiger partial charge in [-0.25, -0.2) is 5.43 Å². The molecule has 0 aliphatic carbocycles. The summed E-state index contributed by atoms with van der Waals surface area (Å²) in [4.78, 5) is 0. The van der Waals surface area contributed by atoms with Crippen molar-refractivity contribution < 1.29 is 0 Å². The summed E-state index contributed by atoms with van der Waals surface area (Å²) < 4.78 is 0. The Kier molecular flexibility index (Phi) is 2.44. The van der Waals surface area contributed by atoms with E-state index >= 15 is 0 Å². The van der Waals surface area contributed by atoms with Crippen LogP contribution in [0.15, 0.2) is 24.3 Å². The van der Waals surface area contributed by atoms with Crippen LogP contribution in [0.2, 0.25) is 0 Å². The normalized spacial score (nSPS) is 32.0. The third-order valence-electron chi connectivity index (χ3n) is 3.11. The SMILES string of the molecule is CC1NNC(c2ccccc2N)C1C. The molecular formula is C11H17N3. The summed E-state index contributed by atoms with van der Waals surface area (Å²) in [5.41, 5.74) is 14.5. The molecule has 3 unspecified atom stereocenters. The summed E-state index contributed by atoms with van der Waals surface area (Å²) in [5.74, 6) is 0.555. The third-order valence-corrected chi connectivity index (χ3v) is 3.11. The van der Waals surface area contributed by atoms with E-state index in [0.717, 1.165) is 5.69 Å². The van der Waals surface area contributed by atoms with E-state index in [1.54, 1.807) is 0 Å².